The molecule has 7 nitrogen and oxygen atoms in total. The fourth-order valence-corrected chi connectivity index (χ4v) is 8.42. The van der Waals surface area contributed by atoms with E-state index in [9.17, 15) is 14.4 Å². The van der Waals surface area contributed by atoms with E-state index < -0.39 is 28.2 Å². The predicted octanol–water partition coefficient (Wildman–Crippen LogP) is 3.09. The van der Waals surface area contributed by atoms with Crippen molar-refractivity contribution in [2.75, 3.05) is 33.3 Å². The van der Waals surface area contributed by atoms with E-state index in [1.165, 1.54) is 0 Å². The van der Waals surface area contributed by atoms with Crippen molar-refractivity contribution >= 4 is 29.5 Å². The van der Waals surface area contributed by atoms with Gasteiger partial charge in [-0.1, -0.05) is 25.0 Å². The Kier molecular flexibility index (Phi) is 8.79. The number of likely N-dealkylation sites (tertiary alicyclic amines) is 1. The predicted molar refractivity (Wildman–Crippen MR) is 141 cm³/mol. The van der Waals surface area contributed by atoms with Gasteiger partial charge in [0.1, 0.15) is 6.04 Å². The Morgan fingerprint density at radius 1 is 1.14 bits per heavy atom. The lowest BCUT2D eigenvalue weighted by atomic mass is 9.70. The van der Waals surface area contributed by atoms with Crippen molar-refractivity contribution in [2.45, 2.75) is 80.9 Å². The molecule has 196 valence electrons. The largest absolute Gasteiger partial charge is 0.396 e. The number of likely N-dealkylation sites (N-methyl/N-ethyl adjacent to an activating group) is 1. The maximum absolute atomic E-state index is 14.2. The molecule has 5 atom stereocenters. The number of aliphatic hydroxyl groups excluding tert-OH is 1. The normalized spacial score (nSPS) is 29.3. The van der Waals surface area contributed by atoms with Crippen molar-refractivity contribution in [3.8, 4) is 0 Å². The van der Waals surface area contributed by atoms with Gasteiger partial charge < -0.3 is 19.8 Å². The van der Waals surface area contributed by atoms with Crippen molar-refractivity contribution in [3.63, 3.8) is 0 Å². The molecule has 0 saturated carbocycles. The molecule has 0 aliphatic carbocycles. The SMILES string of the molecule is C=CCN(C)C(=O)[C@@H]1[C@@H]2CCC3(S2)C(C(=O)N(CC=C)C(C)(C)C)N(CCCCCCO)C(=O)[C@H]13. The van der Waals surface area contributed by atoms with Crippen LogP contribution in [0.15, 0.2) is 25.3 Å². The maximum Gasteiger partial charge on any atom is 0.247 e. The molecule has 0 aromatic heterocycles. The van der Waals surface area contributed by atoms with Crippen LogP contribution in [-0.2, 0) is 14.4 Å². The van der Waals surface area contributed by atoms with Gasteiger partial charge in [0.05, 0.1) is 16.6 Å². The maximum atomic E-state index is 14.2. The first kappa shape index (κ1) is 27.8. The van der Waals surface area contributed by atoms with Gasteiger partial charge in [-0.2, -0.15) is 0 Å². The number of aliphatic hydroxyl groups is 1. The number of unbranched alkanes of at least 4 members (excludes halogenated alkanes) is 3. The molecule has 3 amide bonds. The van der Waals surface area contributed by atoms with E-state index in [1.807, 2.05) is 25.7 Å². The van der Waals surface area contributed by atoms with E-state index in [0.717, 1.165) is 38.5 Å². The Hall–Kier alpha value is -1.80. The summed E-state index contributed by atoms with van der Waals surface area (Å²) >= 11 is 1.72. The summed E-state index contributed by atoms with van der Waals surface area (Å²) in [6.45, 7) is 15.2. The fourth-order valence-electron chi connectivity index (χ4n) is 6.21. The Bertz CT molecular complexity index is 841. The number of amides is 3. The number of thioether (sulfide) groups is 1. The highest BCUT2D eigenvalue weighted by molar-refractivity contribution is 8.02. The standard InChI is InChI=1S/C27H43N3O4S/c1-7-15-28(6)23(32)20-19-13-14-27(35-19)21(20)24(33)29(17-11-9-10-12-18-31)22(27)25(34)30(16-8-2)26(3,4)5/h7-8,19-22,31H,1-2,9-18H2,3-6H3/t19-,20+,21-,22?,27?/m0/s1. The third-order valence-corrected chi connectivity index (χ3v) is 9.74. The second kappa shape index (κ2) is 11.1. The van der Waals surface area contributed by atoms with Crippen molar-refractivity contribution in [3.05, 3.63) is 25.3 Å². The molecule has 1 N–H and O–H groups in total. The summed E-state index contributed by atoms with van der Waals surface area (Å²) < 4.78 is -0.566. The van der Waals surface area contributed by atoms with Gasteiger partial charge in [0.2, 0.25) is 17.7 Å². The highest BCUT2D eigenvalue weighted by atomic mass is 32.2. The number of fused-ring (bicyclic) bond motifs is 1. The molecule has 3 saturated heterocycles. The van der Waals surface area contributed by atoms with Crippen LogP contribution < -0.4 is 0 Å². The van der Waals surface area contributed by atoms with Crippen molar-refractivity contribution in [1.29, 1.82) is 0 Å². The Balaban J connectivity index is 1.98. The number of nitrogens with zero attached hydrogens (tertiary/aromatic N) is 3. The summed E-state index contributed by atoms with van der Waals surface area (Å²) in [6, 6.07) is -0.575. The molecule has 2 bridgehead atoms. The van der Waals surface area contributed by atoms with Gasteiger partial charge in [0.15, 0.2) is 0 Å². The highest BCUT2D eigenvalue weighted by Crippen LogP contribution is 2.66. The van der Waals surface area contributed by atoms with Crippen molar-refractivity contribution in [1.82, 2.24) is 14.7 Å². The molecule has 3 heterocycles. The van der Waals surface area contributed by atoms with Gasteiger partial charge in [0, 0.05) is 44.1 Å². The number of carbonyl (C=O) groups excluding carboxylic acids is 3. The van der Waals surface area contributed by atoms with Crippen LogP contribution in [0.4, 0.5) is 0 Å². The smallest absolute Gasteiger partial charge is 0.247 e. The fraction of sp³-hybridized carbons (Fsp3) is 0.741. The van der Waals surface area contributed by atoms with E-state index in [4.69, 9.17) is 5.11 Å². The molecule has 0 aromatic carbocycles. The minimum Gasteiger partial charge on any atom is -0.396 e. The molecular formula is C27H43N3O4S. The van der Waals surface area contributed by atoms with Crippen LogP contribution in [0.25, 0.3) is 0 Å². The van der Waals surface area contributed by atoms with Crippen LogP contribution in [0.5, 0.6) is 0 Å². The lowest BCUT2D eigenvalue weighted by Crippen LogP contribution is -2.58. The molecule has 2 unspecified atom stereocenters. The Labute approximate surface area is 215 Å². The summed E-state index contributed by atoms with van der Waals surface area (Å²) in [7, 11) is 1.76. The lowest BCUT2D eigenvalue weighted by molar-refractivity contribution is -0.146. The summed E-state index contributed by atoms with van der Waals surface area (Å²) in [5.41, 5.74) is -0.420. The molecule has 1 spiro atoms. The Morgan fingerprint density at radius 3 is 2.40 bits per heavy atom. The highest BCUT2D eigenvalue weighted by Gasteiger charge is 2.74. The van der Waals surface area contributed by atoms with Gasteiger partial charge in [0.25, 0.3) is 0 Å². The van der Waals surface area contributed by atoms with E-state index in [-0.39, 0.29) is 29.6 Å². The Morgan fingerprint density at radius 2 is 1.80 bits per heavy atom. The first-order valence-electron chi connectivity index (χ1n) is 12.9. The second-order valence-electron chi connectivity index (χ2n) is 11.1. The van der Waals surface area contributed by atoms with E-state index in [1.54, 1.807) is 40.8 Å². The second-order valence-corrected chi connectivity index (χ2v) is 12.7. The summed E-state index contributed by atoms with van der Waals surface area (Å²) in [4.78, 5) is 47.0. The van der Waals surface area contributed by atoms with Crippen LogP contribution in [0.2, 0.25) is 0 Å². The minimum absolute atomic E-state index is 0.0166. The summed E-state index contributed by atoms with van der Waals surface area (Å²) in [5, 5.41) is 9.16. The van der Waals surface area contributed by atoms with E-state index in [2.05, 4.69) is 13.2 Å². The van der Waals surface area contributed by atoms with Gasteiger partial charge in [-0.25, -0.2) is 0 Å². The van der Waals surface area contributed by atoms with Gasteiger partial charge in [-0.05, 0) is 46.5 Å². The molecule has 3 rings (SSSR count). The minimum atomic E-state index is -0.575. The molecule has 8 heteroatoms. The number of hydrogen-bond donors (Lipinski definition) is 1. The van der Waals surface area contributed by atoms with Crippen molar-refractivity contribution in [2.24, 2.45) is 11.8 Å². The monoisotopic (exact) mass is 505 g/mol. The van der Waals surface area contributed by atoms with Crippen LogP contribution in [-0.4, -0.2) is 92.4 Å². The van der Waals surface area contributed by atoms with Crippen molar-refractivity contribution < 1.29 is 19.5 Å². The number of carbonyl (C=O) groups is 3. The zero-order valence-electron chi connectivity index (χ0n) is 21.9. The van der Waals surface area contributed by atoms with Gasteiger partial charge >= 0.3 is 0 Å². The summed E-state index contributed by atoms with van der Waals surface area (Å²) in [5.74, 6) is -0.967. The molecule has 3 aliphatic heterocycles. The summed E-state index contributed by atoms with van der Waals surface area (Å²) in [6.07, 6.45) is 8.35. The van der Waals surface area contributed by atoms with Crippen LogP contribution in [0.1, 0.15) is 59.3 Å². The zero-order chi connectivity index (χ0) is 26.0. The quantitative estimate of drug-likeness (QED) is 0.326. The first-order valence-corrected chi connectivity index (χ1v) is 13.8. The average Bonchev–Trinajstić information content (AvgIpc) is 3.43. The first-order chi connectivity index (χ1) is 16.5. The molecular weight excluding hydrogens is 462 g/mol. The number of hydrogen-bond acceptors (Lipinski definition) is 5. The molecule has 0 radical (unpaired) electrons. The third kappa shape index (κ3) is 5.06. The van der Waals surface area contributed by atoms with Crippen LogP contribution in [0, 0.1) is 11.8 Å². The lowest BCUT2D eigenvalue weighted by Gasteiger charge is -2.42. The van der Waals surface area contributed by atoms with E-state index in [0.29, 0.717) is 19.6 Å². The number of rotatable bonds is 12. The average molecular weight is 506 g/mol. The van der Waals surface area contributed by atoms with Crippen LogP contribution >= 0.6 is 11.8 Å². The molecule has 35 heavy (non-hydrogen) atoms. The van der Waals surface area contributed by atoms with Gasteiger partial charge in [-0.3, -0.25) is 14.4 Å². The van der Waals surface area contributed by atoms with Gasteiger partial charge in [-0.15, -0.1) is 24.9 Å². The van der Waals surface area contributed by atoms with E-state index >= 15 is 0 Å². The molecule has 3 fully saturated rings. The molecule has 3 aliphatic rings. The topological polar surface area (TPSA) is 81.2 Å². The zero-order valence-corrected chi connectivity index (χ0v) is 22.7. The third-order valence-electron chi connectivity index (χ3n) is 7.79. The van der Waals surface area contributed by atoms with Crippen LogP contribution in [0.3, 0.4) is 0 Å². The molecule has 0 aromatic rings.